The topological polar surface area (TPSA) is 21.6 Å². The van der Waals surface area contributed by atoms with E-state index in [2.05, 4.69) is 5.16 Å². The summed E-state index contributed by atoms with van der Waals surface area (Å²) >= 11 is 0. The highest BCUT2D eigenvalue weighted by molar-refractivity contribution is 5.88. The standard InChI is InChI=1S/C6H11NO/c1-2-8-7-6-4-3-5-6/h2-5H2,1H3. The lowest BCUT2D eigenvalue weighted by Crippen LogP contribution is -2.09. The summed E-state index contributed by atoms with van der Waals surface area (Å²) in [6.45, 7) is 2.65. The minimum absolute atomic E-state index is 0.698. The lowest BCUT2D eigenvalue weighted by Gasteiger charge is -2.12. The minimum atomic E-state index is 0.698. The summed E-state index contributed by atoms with van der Waals surface area (Å²) in [7, 11) is 0. The summed E-state index contributed by atoms with van der Waals surface area (Å²) in [5.74, 6) is 0. The third kappa shape index (κ3) is 1.22. The number of hydrogen-bond donors (Lipinski definition) is 0. The molecule has 0 N–H and O–H groups in total. The molecule has 0 radical (unpaired) electrons. The van der Waals surface area contributed by atoms with E-state index in [9.17, 15) is 0 Å². The van der Waals surface area contributed by atoms with E-state index in [1.807, 2.05) is 6.92 Å². The molecule has 0 amide bonds. The molecule has 0 bridgehead atoms. The molecule has 46 valence electrons. The van der Waals surface area contributed by atoms with E-state index in [0.717, 1.165) is 12.8 Å². The van der Waals surface area contributed by atoms with Crippen LogP contribution in [0.15, 0.2) is 5.16 Å². The monoisotopic (exact) mass is 113 g/mol. The quantitative estimate of drug-likeness (QED) is 0.498. The molecule has 1 aliphatic rings. The summed E-state index contributed by atoms with van der Waals surface area (Å²) in [5, 5.41) is 3.86. The predicted molar refractivity (Wildman–Crippen MR) is 32.9 cm³/mol. The Morgan fingerprint density at radius 2 is 2.38 bits per heavy atom. The summed E-state index contributed by atoms with van der Waals surface area (Å²) in [4.78, 5) is 4.83. The fourth-order valence-electron chi connectivity index (χ4n) is 0.582. The molecule has 0 aromatic heterocycles. The number of oxime groups is 1. The van der Waals surface area contributed by atoms with Crippen LogP contribution in [0.4, 0.5) is 0 Å². The fourth-order valence-corrected chi connectivity index (χ4v) is 0.582. The van der Waals surface area contributed by atoms with Gasteiger partial charge >= 0.3 is 0 Å². The van der Waals surface area contributed by atoms with Gasteiger partial charge in [0.2, 0.25) is 0 Å². The van der Waals surface area contributed by atoms with Crippen molar-refractivity contribution in [3.8, 4) is 0 Å². The summed E-state index contributed by atoms with van der Waals surface area (Å²) in [6, 6.07) is 0. The minimum Gasteiger partial charge on any atom is -0.396 e. The normalized spacial score (nSPS) is 17.4. The first-order valence-electron chi connectivity index (χ1n) is 3.11. The summed E-state index contributed by atoms with van der Waals surface area (Å²) in [6.07, 6.45) is 3.60. The molecule has 0 aromatic rings. The van der Waals surface area contributed by atoms with E-state index >= 15 is 0 Å². The van der Waals surface area contributed by atoms with Crippen LogP contribution in [-0.2, 0) is 4.84 Å². The van der Waals surface area contributed by atoms with Crippen molar-refractivity contribution >= 4 is 5.71 Å². The first kappa shape index (κ1) is 5.60. The van der Waals surface area contributed by atoms with Gasteiger partial charge in [-0.2, -0.15) is 0 Å². The second-order valence-corrected chi connectivity index (χ2v) is 1.93. The van der Waals surface area contributed by atoms with Gasteiger partial charge < -0.3 is 4.84 Å². The van der Waals surface area contributed by atoms with Gasteiger partial charge in [0.15, 0.2) is 0 Å². The highest BCUT2D eigenvalue weighted by atomic mass is 16.6. The Hall–Kier alpha value is -0.530. The summed E-state index contributed by atoms with van der Waals surface area (Å²) in [5.41, 5.74) is 1.23. The molecule has 1 saturated carbocycles. The zero-order valence-corrected chi connectivity index (χ0v) is 5.18. The van der Waals surface area contributed by atoms with Gasteiger partial charge in [0, 0.05) is 0 Å². The fraction of sp³-hybridized carbons (Fsp3) is 0.833. The molecule has 2 heteroatoms. The third-order valence-corrected chi connectivity index (χ3v) is 1.25. The molecule has 0 unspecified atom stereocenters. The van der Waals surface area contributed by atoms with Crippen LogP contribution in [0.25, 0.3) is 0 Å². The maximum atomic E-state index is 4.83. The van der Waals surface area contributed by atoms with E-state index in [-0.39, 0.29) is 0 Å². The first-order chi connectivity index (χ1) is 3.93. The Morgan fingerprint density at radius 3 is 2.75 bits per heavy atom. The molecule has 0 heterocycles. The smallest absolute Gasteiger partial charge is 0.114 e. The van der Waals surface area contributed by atoms with Gasteiger partial charge in [-0.05, 0) is 26.2 Å². The first-order valence-corrected chi connectivity index (χ1v) is 3.11. The van der Waals surface area contributed by atoms with Gasteiger partial charge in [-0.15, -0.1) is 0 Å². The molecule has 0 saturated heterocycles. The van der Waals surface area contributed by atoms with Gasteiger partial charge in [-0.25, -0.2) is 0 Å². The van der Waals surface area contributed by atoms with Crippen molar-refractivity contribution in [2.45, 2.75) is 26.2 Å². The molecular weight excluding hydrogens is 102 g/mol. The molecular formula is C6H11NO. The maximum absolute atomic E-state index is 4.83. The molecule has 1 fully saturated rings. The van der Waals surface area contributed by atoms with Gasteiger partial charge in [-0.1, -0.05) is 5.16 Å². The molecule has 8 heavy (non-hydrogen) atoms. The van der Waals surface area contributed by atoms with Crippen LogP contribution < -0.4 is 0 Å². The average molecular weight is 113 g/mol. The van der Waals surface area contributed by atoms with Crippen molar-refractivity contribution in [1.29, 1.82) is 0 Å². The zero-order chi connectivity index (χ0) is 5.82. The Kier molecular flexibility index (Phi) is 1.89. The van der Waals surface area contributed by atoms with Crippen LogP contribution in [-0.4, -0.2) is 12.3 Å². The van der Waals surface area contributed by atoms with Crippen molar-refractivity contribution in [3.63, 3.8) is 0 Å². The lowest BCUT2D eigenvalue weighted by atomic mass is 9.98. The van der Waals surface area contributed by atoms with Gasteiger partial charge in [-0.3, -0.25) is 0 Å². The largest absolute Gasteiger partial charge is 0.396 e. The van der Waals surface area contributed by atoms with Crippen LogP contribution in [0, 0.1) is 0 Å². The molecule has 1 aliphatic carbocycles. The van der Waals surface area contributed by atoms with E-state index in [0.29, 0.717) is 6.61 Å². The van der Waals surface area contributed by atoms with Crippen LogP contribution >= 0.6 is 0 Å². The van der Waals surface area contributed by atoms with Crippen LogP contribution in [0.3, 0.4) is 0 Å². The van der Waals surface area contributed by atoms with Crippen molar-refractivity contribution < 1.29 is 4.84 Å². The molecule has 0 aromatic carbocycles. The molecule has 0 aliphatic heterocycles. The third-order valence-electron chi connectivity index (χ3n) is 1.25. The van der Waals surface area contributed by atoms with Crippen molar-refractivity contribution in [3.05, 3.63) is 0 Å². The van der Waals surface area contributed by atoms with Crippen LogP contribution in [0.5, 0.6) is 0 Å². The summed E-state index contributed by atoms with van der Waals surface area (Å²) < 4.78 is 0. The Labute approximate surface area is 49.5 Å². The van der Waals surface area contributed by atoms with E-state index in [1.54, 1.807) is 0 Å². The number of rotatable bonds is 2. The SMILES string of the molecule is CCON=C1CCC1. The highest BCUT2D eigenvalue weighted by Gasteiger charge is 2.09. The second-order valence-electron chi connectivity index (χ2n) is 1.93. The van der Waals surface area contributed by atoms with Crippen LogP contribution in [0.2, 0.25) is 0 Å². The van der Waals surface area contributed by atoms with Crippen molar-refractivity contribution in [1.82, 2.24) is 0 Å². The van der Waals surface area contributed by atoms with E-state index in [1.165, 1.54) is 12.1 Å². The van der Waals surface area contributed by atoms with Crippen molar-refractivity contribution in [2.75, 3.05) is 6.61 Å². The molecule has 0 atom stereocenters. The van der Waals surface area contributed by atoms with E-state index < -0.39 is 0 Å². The molecule has 0 spiro atoms. The van der Waals surface area contributed by atoms with Gasteiger partial charge in [0.25, 0.3) is 0 Å². The average Bonchev–Trinajstić information content (AvgIpc) is 1.63. The molecule has 1 rings (SSSR count). The maximum Gasteiger partial charge on any atom is 0.114 e. The Balaban J connectivity index is 2.11. The second kappa shape index (κ2) is 2.70. The van der Waals surface area contributed by atoms with Gasteiger partial charge in [0.1, 0.15) is 6.61 Å². The molecule has 2 nitrogen and oxygen atoms in total. The Morgan fingerprint density at radius 1 is 1.62 bits per heavy atom. The Bertz CT molecular complexity index is 92.7. The number of nitrogens with zero attached hydrogens (tertiary/aromatic N) is 1. The van der Waals surface area contributed by atoms with Gasteiger partial charge in [0.05, 0.1) is 5.71 Å². The zero-order valence-electron chi connectivity index (χ0n) is 5.18. The van der Waals surface area contributed by atoms with Crippen molar-refractivity contribution in [2.24, 2.45) is 5.16 Å². The van der Waals surface area contributed by atoms with Crippen LogP contribution in [0.1, 0.15) is 26.2 Å². The van der Waals surface area contributed by atoms with E-state index in [4.69, 9.17) is 4.84 Å². The predicted octanol–water partition coefficient (Wildman–Crippen LogP) is 1.56. The number of hydrogen-bond acceptors (Lipinski definition) is 2. The highest BCUT2D eigenvalue weighted by Crippen LogP contribution is 2.13. The lowest BCUT2D eigenvalue weighted by molar-refractivity contribution is 0.156.